The molecule has 0 aliphatic heterocycles. The fourth-order valence-corrected chi connectivity index (χ4v) is 2.34. The van der Waals surface area contributed by atoms with Crippen LogP contribution in [0.2, 0.25) is 0 Å². The number of anilines is 1. The molecule has 136 valence electrons. The molecule has 1 N–H and O–H groups in total. The van der Waals surface area contributed by atoms with Crippen molar-refractivity contribution in [3.63, 3.8) is 0 Å². The third-order valence-corrected chi connectivity index (χ3v) is 4.18. The van der Waals surface area contributed by atoms with Crippen LogP contribution >= 0.6 is 0 Å². The summed E-state index contributed by atoms with van der Waals surface area (Å²) in [7, 11) is 3.23. The molecule has 1 aromatic carbocycles. The fourth-order valence-electron chi connectivity index (χ4n) is 2.34. The van der Waals surface area contributed by atoms with E-state index in [0.29, 0.717) is 18.0 Å². The Morgan fingerprint density at radius 1 is 1.12 bits per heavy atom. The second-order valence-corrected chi connectivity index (χ2v) is 5.79. The molecule has 0 saturated heterocycles. The summed E-state index contributed by atoms with van der Waals surface area (Å²) in [4.78, 5) is 25.2. The van der Waals surface area contributed by atoms with Crippen molar-refractivity contribution in [1.82, 2.24) is 4.90 Å². The Labute approximate surface area is 161 Å². The van der Waals surface area contributed by atoms with Crippen LogP contribution in [0.15, 0.2) is 24.3 Å². The Bertz CT molecular complexity index is 537. The van der Waals surface area contributed by atoms with Gasteiger partial charge in [0.25, 0.3) is 5.91 Å². The molecule has 0 spiro atoms. The van der Waals surface area contributed by atoms with E-state index in [2.05, 4.69) is 26.1 Å². The summed E-state index contributed by atoms with van der Waals surface area (Å²) in [5.41, 5.74) is 0.625. The van der Waals surface area contributed by atoms with Crippen LogP contribution in [0.3, 0.4) is 0 Å². The number of amides is 2. The zero-order valence-electron chi connectivity index (χ0n) is 15.1. The van der Waals surface area contributed by atoms with E-state index in [1.165, 1.54) is 4.90 Å². The van der Waals surface area contributed by atoms with Crippen LogP contribution in [0.1, 0.15) is 20.8 Å². The molecule has 0 saturated carbocycles. The van der Waals surface area contributed by atoms with E-state index in [0.717, 1.165) is 24.1 Å². The molecule has 0 heterocycles. The molecule has 0 aliphatic carbocycles. The van der Waals surface area contributed by atoms with Gasteiger partial charge < -0.3 is 43.4 Å². The number of carbonyl (C=O) groups is 2. The van der Waals surface area contributed by atoms with Crippen LogP contribution < -0.4 is 34.0 Å². The average Bonchev–Trinajstić information content (AvgIpc) is 2.53. The lowest BCUT2D eigenvalue weighted by Gasteiger charge is -2.34. The van der Waals surface area contributed by atoms with Gasteiger partial charge in [-0.05, 0) is 32.9 Å². The van der Waals surface area contributed by atoms with Gasteiger partial charge in [0.15, 0.2) is 6.54 Å². The number of hydrogen-bond donors (Lipinski definition) is 1. The summed E-state index contributed by atoms with van der Waals surface area (Å²) in [5, 5.41) is 2.88. The quantitative estimate of drug-likeness (QED) is 0.454. The lowest BCUT2D eigenvalue weighted by Crippen LogP contribution is -3.00. The molecule has 2 amide bonds. The van der Waals surface area contributed by atoms with Gasteiger partial charge in [0.2, 0.25) is 0 Å². The smallest absolute Gasteiger partial charge is 0.414 e. The molecule has 0 aliphatic rings. The van der Waals surface area contributed by atoms with Gasteiger partial charge in [-0.25, -0.2) is 4.79 Å². The Morgan fingerprint density at radius 3 is 2.21 bits per heavy atom. The molecule has 1 rings (SSSR count). The molecule has 6 nitrogen and oxygen atoms in total. The molecular weight excluding hydrogens is 421 g/mol. The number of carbonyl (C=O) groups excluding carboxylic acids is 2. The first-order valence-electron chi connectivity index (χ1n) is 8.00. The summed E-state index contributed by atoms with van der Waals surface area (Å²) in [6.07, 6.45) is -0.452. The van der Waals surface area contributed by atoms with Crippen molar-refractivity contribution in [2.24, 2.45) is 0 Å². The zero-order valence-corrected chi connectivity index (χ0v) is 17.3. The molecule has 1 aromatic rings. The minimum absolute atomic E-state index is 0. The first-order chi connectivity index (χ1) is 10.9. The minimum Gasteiger partial charge on any atom is -1.00 e. The van der Waals surface area contributed by atoms with Crippen molar-refractivity contribution >= 4 is 17.7 Å². The van der Waals surface area contributed by atoms with Gasteiger partial charge in [-0.1, -0.05) is 6.07 Å². The van der Waals surface area contributed by atoms with Crippen molar-refractivity contribution in [2.75, 3.05) is 45.6 Å². The highest BCUT2D eigenvalue weighted by atomic mass is 127. The fraction of sp³-hybridized carbons (Fsp3) is 0.529. The van der Waals surface area contributed by atoms with Crippen molar-refractivity contribution in [3.8, 4) is 5.75 Å². The van der Waals surface area contributed by atoms with Crippen molar-refractivity contribution in [3.05, 3.63) is 24.3 Å². The van der Waals surface area contributed by atoms with Gasteiger partial charge in [-0.3, -0.25) is 4.79 Å². The SMILES string of the molecule is CC[N+](CC)(CC)CC(=O)Nc1cccc(OC(=O)N(C)C)c1.[I-]. The number of halogens is 1. The number of likely N-dealkylation sites (N-methyl/N-ethyl adjacent to an activating group) is 1. The second-order valence-electron chi connectivity index (χ2n) is 5.79. The Hall–Kier alpha value is -1.35. The summed E-state index contributed by atoms with van der Waals surface area (Å²) < 4.78 is 5.95. The lowest BCUT2D eigenvalue weighted by atomic mass is 10.2. The van der Waals surface area contributed by atoms with Crippen molar-refractivity contribution in [1.29, 1.82) is 0 Å². The Kier molecular flexibility index (Phi) is 9.91. The van der Waals surface area contributed by atoms with Crippen LogP contribution in [-0.4, -0.2) is 61.7 Å². The van der Waals surface area contributed by atoms with E-state index in [-0.39, 0.29) is 29.9 Å². The van der Waals surface area contributed by atoms with E-state index in [1.54, 1.807) is 38.4 Å². The van der Waals surface area contributed by atoms with E-state index in [9.17, 15) is 9.59 Å². The first-order valence-corrected chi connectivity index (χ1v) is 8.00. The third kappa shape index (κ3) is 6.64. The standard InChI is InChI=1S/C17H27N3O3.HI/c1-6-20(7-2,8-3)13-16(21)18-14-10-9-11-15(12-14)23-17(22)19(4)5;/h9-12H,6-8,13H2,1-5H3;1H. The molecule has 0 aromatic heterocycles. The number of quaternary nitrogens is 1. The predicted octanol–water partition coefficient (Wildman–Crippen LogP) is -0.434. The number of hydrogen-bond acceptors (Lipinski definition) is 3. The number of benzene rings is 1. The van der Waals surface area contributed by atoms with E-state index < -0.39 is 6.09 Å². The topological polar surface area (TPSA) is 58.6 Å². The molecule has 7 heteroatoms. The minimum atomic E-state index is -0.452. The molecule has 0 atom stereocenters. The van der Waals surface area contributed by atoms with Crippen molar-refractivity contribution < 1.29 is 42.8 Å². The largest absolute Gasteiger partial charge is 1.00 e. The van der Waals surface area contributed by atoms with Gasteiger partial charge >= 0.3 is 6.09 Å². The maximum atomic E-state index is 12.3. The molecule has 0 radical (unpaired) electrons. The van der Waals surface area contributed by atoms with Gasteiger partial charge in [-0.15, -0.1) is 0 Å². The summed E-state index contributed by atoms with van der Waals surface area (Å²) in [6.45, 7) is 9.48. The molecule has 0 unspecified atom stereocenters. The third-order valence-electron chi connectivity index (χ3n) is 4.18. The summed E-state index contributed by atoms with van der Waals surface area (Å²) in [6, 6.07) is 6.86. The van der Waals surface area contributed by atoms with Gasteiger partial charge in [0.05, 0.1) is 19.6 Å². The maximum absolute atomic E-state index is 12.3. The Balaban J connectivity index is 0.00000529. The maximum Gasteiger partial charge on any atom is 0.414 e. The van der Waals surface area contributed by atoms with Crippen LogP contribution in [0.25, 0.3) is 0 Å². The highest BCUT2D eigenvalue weighted by Gasteiger charge is 2.24. The molecule has 24 heavy (non-hydrogen) atoms. The van der Waals surface area contributed by atoms with Crippen molar-refractivity contribution in [2.45, 2.75) is 20.8 Å². The van der Waals surface area contributed by atoms with Gasteiger partial charge in [0, 0.05) is 25.8 Å². The molecule has 0 fully saturated rings. The van der Waals surface area contributed by atoms with Gasteiger partial charge in [0.1, 0.15) is 5.75 Å². The summed E-state index contributed by atoms with van der Waals surface area (Å²) >= 11 is 0. The normalized spacial score (nSPS) is 10.5. The number of nitrogens with one attached hydrogen (secondary N) is 1. The summed E-state index contributed by atoms with van der Waals surface area (Å²) in [5.74, 6) is 0.371. The van der Waals surface area contributed by atoms with Gasteiger partial charge in [-0.2, -0.15) is 0 Å². The molecule has 0 bridgehead atoms. The predicted molar refractivity (Wildman–Crippen MR) is 91.5 cm³/mol. The highest BCUT2D eigenvalue weighted by Crippen LogP contribution is 2.18. The zero-order chi connectivity index (χ0) is 17.5. The number of ether oxygens (including phenoxy) is 1. The van der Waals surface area contributed by atoms with E-state index in [1.807, 2.05) is 0 Å². The number of nitrogens with zero attached hydrogens (tertiary/aromatic N) is 2. The average molecular weight is 449 g/mol. The van der Waals surface area contributed by atoms with Crippen LogP contribution in [0, 0.1) is 0 Å². The first kappa shape index (κ1) is 22.6. The second kappa shape index (κ2) is 10.5. The van der Waals surface area contributed by atoms with E-state index >= 15 is 0 Å². The monoisotopic (exact) mass is 449 g/mol. The van der Waals surface area contributed by atoms with E-state index in [4.69, 9.17) is 4.74 Å². The highest BCUT2D eigenvalue weighted by molar-refractivity contribution is 5.91. The molecular formula is C17H28IN3O3. The Morgan fingerprint density at radius 2 is 1.71 bits per heavy atom. The lowest BCUT2D eigenvalue weighted by molar-refractivity contribution is -0.915. The van der Waals surface area contributed by atoms with Crippen LogP contribution in [-0.2, 0) is 4.79 Å². The van der Waals surface area contributed by atoms with Crippen LogP contribution in [0.5, 0.6) is 5.75 Å². The number of rotatable bonds is 7. The van der Waals surface area contributed by atoms with Crippen LogP contribution in [0.4, 0.5) is 10.5 Å².